The fourth-order valence-corrected chi connectivity index (χ4v) is 3.64. The minimum absolute atomic E-state index is 0.211. The zero-order valence-corrected chi connectivity index (χ0v) is 15.1. The van der Waals surface area contributed by atoms with Crippen LogP contribution in [0.25, 0.3) is 0 Å². The maximum absolute atomic E-state index is 6.22. The Morgan fingerprint density at radius 3 is 2.40 bits per heavy atom. The Labute approximate surface area is 148 Å². The van der Waals surface area contributed by atoms with Crippen molar-refractivity contribution in [1.29, 1.82) is 0 Å². The quantitative estimate of drug-likeness (QED) is 0.832. The van der Waals surface area contributed by atoms with Crippen LogP contribution in [-0.2, 0) is 35.0 Å². The Hall–Kier alpha value is -1.02. The summed E-state index contributed by atoms with van der Waals surface area (Å²) < 4.78 is 36.0. The van der Waals surface area contributed by atoms with Gasteiger partial charge in [-0.15, -0.1) is 0 Å². The summed E-state index contributed by atoms with van der Waals surface area (Å²) in [4.78, 5) is 0. The summed E-state index contributed by atoms with van der Waals surface area (Å²) in [5.41, 5.74) is 1.10. The molecule has 138 valence electrons. The summed E-state index contributed by atoms with van der Waals surface area (Å²) in [5.74, 6) is -1.29. The van der Waals surface area contributed by atoms with Crippen molar-refractivity contribution in [3.63, 3.8) is 0 Å². The molecule has 0 amide bonds. The summed E-state index contributed by atoms with van der Waals surface area (Å²) in [7, 11) is 0. The molecule has 5 atom stereocenters. The molecule has 3 fully saturated rings. The molecule has 3 saturated heterocycles. The van der Waals surface area contributed by atoms with Crippen molar-refractivity contribution < 1.29 is 28.4 Å². The van der Waals surface area contributed by atoms with E-state index in [-0.39, 0.29) is 24.4 Å². The van der Waals surface area contributed by atoms with Crippen LogP contribution in [0, 0.1) is 0 Å². The number of ether oxygens (including phenoxy) is 6. The largest absolute Gasteiger partial charge is 0.368 e. The lowest BCUT2D eigenvalue weighted by atomic mass is 10.1. The average Bonchev–Trinajstić information content (AvgIpc) is 3.15. The molecular weight excluding hydrogens is 324 g/mol. The van der Waals surface area contributed by atoms with Crippen LogP contribution in [0.3, 0.4) is 0 Å². The van der Waals surface area contributed by atoms with Crippen molar-refractivity contribution in [2.24, 2.45) is 0 Å². The minimum Gasteiger partial charge on any atom is -0.368 e. The third-order valence-electron chi connectivity index (χ3n) is 4.71. The third-order valence-corrected chi connectivity index (χ3v) is 4.71. The first kappa shape index (κ1) is 17.4. The second-order valence-electron chi connectivity index (χ2n) is 7.70. The molecule has 1 aromatic carbocycles. The van der Waals surface area contributed by atoms with Gasteiger partial charge in [0.2, 0.25) is 0 Å². The van der Waals surface area contributed by atoms with Gasteiger partial charge in [-0.1, -0.05) is 30.3 Å². The molecule has 0 saturated carbocycles. The van der Waals surface area contributed by atoms with Gasteiger partial charge in [0.05, 0.1) is 13.2 Å². The molecule has 3 aliphatic rings. The van der Waals surface area contributed by atoms with Crippen LogP contribution in [0.1, 0.15) is 33.3 Å². The van der Waals surface area contributed by atoms with E-state index < -0.39 is 17.9 Å². The van der Waals surface area contributed by atoms with E-state index in [1.807, 2.05) is 58.0 Å². The number of hydrogen-bond acceptors (Lipinski definition) is 6. The summed E-state index contributed by atoms with van der Waals surface area (Å²) >= 11 is 0. The highest BCUT2D eigenvalue weighted by Gasteiger charge is 2.58. The lowest BCUT2D eigenvalue weighted by Crippen LogP contribution is -2.44. The molecule has 0 spiro atoms. The molecule has 6 heteroatoms. The van der Waals surface area contributed by atoms with Gasteiger partial charge in [-0.3, -0.25) is 0 Å². The first-order valence-electron chi connectivity index (χ1n) is 8.81. The van der Waals surface area contributed by atoms with E-state index in [4.69, 9.17) is 28.4 Å². The van der Waals surface area contributed by atoms with E-state index in [1.54, 1.807) is 0 Å². The van der Waals surface area contributed by atoms with Gasteiger partial charge in [0, 0.05) is 0 Å². The second-order valence-corrected chi connectivity index (χ2v) is 7.70. The van der Waals surface area contributed by atoms with Crippen LogP contribution < -0.4 is 0 Å². The summed E-state index contributed by atoms with van der Waals surface area (Å²) in [6.07, 6.45) is -1.52. The van der Waals surface area contributed by atoms with Gasteiger partial charge < -0.3 is 28.4 Å². The van der Waals surface area contributed by atoms with Gasteiger partial charge in [0.25, 0.3) is 0 Å². The van der Waals surface area contributed by atoms with Gasteiger partial charge in [-0.25, -0.2) is 0 Å². The maximum Gasteiger partial charge on any atom is 0.190 e. The highest BCUT2D eigenvalue weighted by Crippen LogP contribution is 2.42. The lowest BCUT2D eigenvalue weighted by Gasteiger charge is -2.29. The second kappa shape index (κ2) is 6.30. The van der Waals surface area contributed by atoms with Crippen molar-refractivity contribution in [2.75, 3.05) is 6.61 Å². The molecule has 0 unspecified atom stereocenters. The van der Waals surface area contributed by atoms with E-state index in [1.165, 1.54) is 0 Å². The molecule has 0 bridgehead atoms. The zero-order valence-electron chi connectivity index (χ0n) is 15.1. The van der Waals surface area contributed by atoms with Crippen molar-refractivity contribution in [2.45, 2.75) is 76.6 Å². The van der Waals surface area contributed by atoms with E-state index in [9.17, 15) is 0 Å². The zero-order chi connectivity index (χ0) is 17.7. The van der Waals surface area contributed by atoms with Gasteiger partial charge >= 0.3 is 0 Å². The first-order valence-corrected chi connectivity index (χ1v) is 8.81. The molecular formula is C19H26O6. The monoisotopic (exact) mass is 350 g/mol. The summed E-state index contributed by atoms with van der Waals surface area (Å²) in [6.45, 7) is 8.52. The van der Waals surface area contributed by atoms with Crippen molar-refractivity contribution >= 4 is 0 Å². The Morgan fingerprint density at radius 1 is 0.960 bits per heavy atom. The van der Waals surface area contributed by atoms with Gasteiger partial charge in [-0.2, -0.15) is 0 Å². The molecule has 4 rings (SSSR count). The molecule has 3 aliphatic heterocycles. The van der Waals surface area contributed by atoms with E-state index in [0.29, 0.717) is 13.2 Å². The summed E-state index contributed by atoms with van der Waals surface area (Å²) in [6, 6.07) is 10.1. The van der Waals surface area contributed by atoms with Gasteiger partial charge in [0.15, 0.2) is 17.9 Å². The number of fused-ring (bicyclic) bond motifs is 1. The van der Waals surface area contributed by atoms with Crippen LogP contribution in [0.5, 0.6) is 0 Å². The first-order chi connectivity index (χ1) is 11.8. The average molecular weight is 350 g/mol. The Kier molecular flexibility index (Phi) is 4.38. The predicted octanol–water partition coefficient (Wildman–Crippen LogP) is 2.60. The highest BCUT2D eigenvalue weighted by atomic mass is 16.8. The topological polar surface area (TPSA) is 55.4 Å². The van der Waals surface area contributed by atoms with E-state index in [0.717, 1.165) is 5.56 Å². The third kappa shape index (κ3) is 3.60. The van der Waals surface area contributed by atoms with Crippen molar-refractivity contribution in [1.82, 2.24) is 0 Å². The fourth-order valence-electron chi connectivity index (χ4n) is 3.64. The maximum atomic E-state index is 6.22. The van der Waals surface area contributed by atoms with Crippen molar-refractivity contribution in [3.8, 4) is 0 Å². The molecule has 0 aliphatic carbocycles. The molecule has 0 aromatic heterocycles. The fraction of sp³-hybridized carbons (Fsp3) is 0.684. The molecule has 0 N–H and O–H groups in total. The Balaban J connectivity index is 1.50. The van der Waals surface area contributed by atoms with Gasteiger partial charge in [0.1, 0.15) is 24.4 Å². The number of hydrogen-bond donors (Lipinski definition) is 0. The molecule has 25 heavy (non-hydrogen) atoms. The molecule has 1 aromatic rings. The SMILES string of the molecule is CC1(C)O[C@H]2O[C@H]([C@@H]3COC(C)(C)O3)[C@H](OCc3ccccc3)[C@H]2O1. The summed E-state index contributed by atoms with van der Waals surface area (Å²) in [5, 5.41) is 0. The predicted molar refractivity (Wildman–Crippen MR) is 88.6 cm³/mol. The molecule has 0 radical (unpaired) electrons. The van der Waals surface area contributed by atoms with Crippen LogP contribution in [0.4, 0.5) is 0 Å². The standard InChI is InChI=1S/C19H26O6/c1-18(2)21-11-13(23-18)14-15(20-10-12-8-6-5-7-9-12)16-17(22-14)25-19(3,4)24-16/h5-9,13-17H,10-11H2,1-4H3/t13-,14+,15-,16+,17+/m0/s1. The number of benzene rings is 1. The molecule has 6 nitrogen and oxygen atoms in total. The van der Waals surface area contributed by atoms with Crippen LogP contribution in [-0.4, -0.2) is 48.9 Å². The Bertz CT molecular complexity index is 601. The normalized spacial score (nSPS) is 38.8. The highest BCUT2D eigenvalue weighted by molar-refractivity contribution is 5.13. The van der Waals surface area contributed by atoms with Crippen LogP contribution >= 0.6 is 0 Å². The minimum atomic E-state index is -0.680. The Morgan fingerprint density at radius 2 is 1.72 bits per heavy atom. The van der Waals surface area contributed by atoms with Gasteiger partial charge in [-0.05, 0) is 33.3 Å². The van der Waals surface area contributed by atoms with Crippen molar-refractivity contribution in [3.05, 3.63) is 35.9 Å². The van der Waals surface area contributed by atoms with Crippen LogP contribution in [0.2, 0.25) is 0 Å². The van der Waals surface area contributed by atoms with E-state index in [2.05, 4.69) is 0 Å². The van der Waals surface area contributed by atoms with E-state index >= 15 is 0 Å². The number of rotatable bonds is 4. The smallest absolute Gasteiger partial charge is 0.190 e. The van der Waals surface area contributed by atoms with Crippen LogP contribution in [0.15, 0.2) is 30.3 Å². The molecule has 3 heterocycles. The lowest BCUT2D eigenvalue weighted by molar-refractivity contribution is -0.236.